The van der Waals surface area contributed by atoms with Gasteiger partial charge in [0.2, 0.25) is 5.91 Å². The lowest BCUT2D eigenvalue weighted by molar-refractivity contribution is -0.139. The number of likely N-dealkylation sites (tertiary alicyclic amines) is 2. The van der Waals surface area contributed by atoms with Crippen molar-refractivity contribution in [2.45, 2.75) is 32.3 Å². The van der Waals surface area contributed by atoms with Gasteiger partial charge in [-0.15, -0.1) is 0 Å². The van der Waals surface area contributed by atoms with Crippen LogP contribution in [-0.4, -0.2) is 64.6 Å². The molecule has 2 fully saturated rings. The summed E-state index contributed by atoms with van der Waals surface area (Å²) < 4.78 is 5.36. The molecule has 7 nitrogen and oxygen atoms in total. The Kier molecular flexibility index (Phi) is 4.91. The van der Waals surface area contributed by atoms with Gasteiger partial charge in [-0.3, -0.25) is 9.59 Å². The Balaban J connectivity index is 1.71. The van der Waals surface area contributed by atoms with E-state index in [9.17, 15) is 9.59 Å². The molecule has 0 aliphatic carbocycles. The topological polar surface area (TPSA) is 94.2 Å². The molecule has 1 aromatic rings. The summed E-state index contributed by atoms with van der Waals surface area (Å²) in [7, 11) is 0. The summed E-state index contributed by atoms with van der Waals surface area (Å²) in [4.78, 5) is 28.1. The molecule has 7 heteroatoms. The van der Waals surface area contributed by atoms with Gasteiger partial charge in [-0.1, -0.05) is 0 Å². The first kappa shape index (κ1) is 17.0. The molecular formula is C17H24N2O5. The van der Waals surface area contributed by atoms with Crippen molar-refractivity contribution in [2.75, 3.05) is 32.8 Å². The summed E-state index contributed by atoms with van der Waals surface area (Å²) in [6.45, 7) is 1.94. The summed E-state index contributed by atoms with van der Waals surface area (Å²) in [5, 5.41) is 18.2. The van der Waals surface area contributed by atoms with Crippen LogP contribution in [-0.2, 0) is 11.4 Å². The van der Waals surface area contributed by atoms with Gasteiger partial charge in [0.05, 0.1) is 6.61 Å². The molecule has 24 heavy (non-hydrogen) atoms. The average molecular weight is 336 g/mol. The van der Waals surface area contributed by atoms with Crippen LogP contribution in [0, 0.1) is 5.41 Å². The highest BCUT2D eigenvalue weighted by molar-refractivity contribution is 5.91. The number of amides is 2. The normalized spacial score (nSPS) is 24.7. The Morgan fingerprint density at radius 1 is 1.25 bits per heavy atom. The number of hydrogen-bond donors (Lipinski definition) is 2. The second-order valence-electron chi connectivity index (χ2n) is 6.79. The number of aliphatic hydroxyl groups excluding tert-OH is 2. The van der Waals surface area contributed by atoms with Crippen LogP contribution < -0.4 is 0 Å². The Hall–Kier alpha value is -1.86. The van der Waals surface area contributed by atoms with Crippen LogP contribution in [0.4, 0.5) is 0 Å². The lowest BCUT2D eigenvalue weighted by Crippen LogP contribution is -2.55. The zero-order valence-corrected chi connectivity index (χ0v) is 13.7. The molecule has 132 valence electrons. The van der Waals surface area contributed by atoms with Gasteiger partial charge in [0.25, 0.3) is 5.91 Å². The second kappa shape index (κ2) is 6.94. The van der Waals surface area contributed by atoms with E-state index in [0.717, 1.165) is 19.3 Å². The molecule has 2 saturated heterocycles. The van der Waals surface area contributed by atoms with E-state index in [0.29, 0.717) is 38.4 Å². The fourth-order valence-electron chi connectivity index (χ4n) is 3.87. The van der Waals surface area contributed by atoms with Crippen molar-refractivity contribution < 1.29 is 24.2 Å². The SMILES string of the molecule is O=C1CC[C@@]2(CCCN(C(=O)c3ccc(CO)o3)C2)CN1CCO. The van der Waals surface area contributed by atoms with E-state index in [1.807, 2.05) is 0 Å². The molecule has 0 saturated carbocycles. The van der Waals surface area contributed by atoms with Crippen molar-refractivity contribution in [3.05, 3.63) is 23.7 Å². The lowest BCUT2D eigenvalue weighted by Gasteiger charge is -2.48. The standard InChI is InChI=1S/C17H24N2O5/c20-9-8-18-11-17(6-4-15(18)22)5-1-7-19(12-17)16(23)14-3-2-13(10-21)24-14/h2-3,20-21H,1,4-12H2/t17-/m0/s1. The molecule has 2 aliphatic heterocycles. The number of furan rings is 1. The minimum absolute atomic E-state index is 0.0409. The monoisotopic (exact) mass is 336 g/mol. The second-order valence-corrected chi connectivity index (χ2v) is 6.79. The van der Waals surface area contributed by atoms with Crippen LogP contribution in [0.1, 0.15) is 42.0 Å². The Morgan fingerprint density at radius 3 is 2.79 bits per heavy atom. The van der Waals surface area contributed by atoms with Crippen molar-refractivity contribution in [1.29, 1.82) is 0 Å². The number of aliphatic hydroxyl groups is 2. The van der Waals surface area contributed by atoms with Crippen LogP contribution in [0.3, 0.4) is 0 Å². The summed E-state index contributed by atoms with van der Waals surface area (Å²) in [6, 6.07) is 3.20. The zero-order chi connectivity index (χ0) is 17.2. The molecule has 1 aromatic heterocycles. The van der Waals surface area contributed by atoms with Crippen LogP contribution in [0.25, 0.3) is 0 Å². The van der Waals surface area contributed by atoms with Crippen molar-refractivity contribution in [3.8, 4) is 0 Å². The van der Waals surface area contributed by atoms with E-state index in [-0.39, 0.29) is 36.2 Å². The largest absolute Gasteiger partial charge is 0.453 e. The molecule has 2 N–H and O–H groups in total. The highest BCUT2D eigenvalue weighted by atomic mass is 16.4. The Morgan fingerprint density at radius 2 is 2.08 bits per heavy atom. The summed E-state index contributed by atoms with van der Waals surface area (Å²) >= 11 is 0. The maximum atomic E-state index is 12.7. The predicted molar refractivity (Wildman–Crippen MR) is 85.1 cm³/mol. The molecule has 3 rings (SSSR count). The van der Waals surface area contributed by atoms with Crippen LogP contribution in [0.2, 0.25) is 0 Å². The lowest BCUT2D eigenvalue weighted by atomic mass is 9.73. The van der Waals surface area contributed by atoms with Crippen molar-refractivity contribution in [3.63, 3.8) is 0 Å². The molecule has 2 amide bonds. The summed E-state index contributed by atoms with van der Waals surface area (Å²) in [5.74, 6) is 0.536. The van der Waals surface area contributed by atoms with Gasteiger partial charge in [0, 0.05) is 38.0 Å². The number of carbonyl (C=O) groups excluding carboxylic acids is 2. The van der Waals surface area contributed by atoms with Crippen LogP contribution in [0.5, 0.6) is 0 Å². The van der Waals surface area contributed by atoms with Crippen molar-refractivity contribution >= 4 is 11.8 Å². The first-order chi connectivity index (χ1) is 11.6. The fraction of sp³-hybridized carbons (Fsp3) is 0.647. The third kappa shape index (κ3) is 3.32. The Labute approximate surface area is 140 Å². The molecular weight excluding hydrogens is 312 g/mol. The molecule has 1 spiro atoms. The minimum atomic E-state index is -0.227. The van der Waals surface area contributed by atoms with E-state index >= 15 is 0 Å². The number of carbonyl (C=O) groups is 2. The van der Waals surface area contributed by atoms with E-state index in [1.165, 1.54) is 0 Å². The smallest absolute Gasteiger partial charge is 0.289 e. The molecule has 0 bridgehead atoms. The van der Waals surface area contributed by atoms with Gasteiger partial charge in [0.1, 0.15) is 12.4 Å². The molecule has 0 aromatic carbocycles. The molecule has 0 radical (unpaired) electrons. The third-order valence-electron chi connectivity index (χ3n) is 5.09. The maximum Gasteiger partial charge on any atom is 0.289 e. The molecule has 0 unspecified atom stereocenters. The number of β-amino-alcohol motifs (C(OH)–C–C–N with tert-alkyl or cyclic N) is 1. The van der Waals surface area contributed by atoms with Gasteiger partial charge in [-0.25, -0.2) is 0 Å². The highest BCUT2D eigenvalue weighted by Crippen LogP contribution is 2.39. The van der Waals surface area contributed by atoms with Crippen LogP contribution in [0.15, 0.2) is 16.5 Å². The zero-order valence-electron chi connectivity index (χ0n) is 13.7. The van der Waals surface area contributed by atoms with E-state index in [4.69, 9.17) is 14.6 Å². The van der Waals surface area contributed by atoms with E-state index < -0.39 is 0 Å². The van der Waals surface area contributed by atoms with Crippen molar-refractivity contribution in [1.82, 2.24) is 9.80 Å². The first-order valence-electron chi connectivity index (χ1n) is 8.44. The average Bonchev–Trinajstić information content (AvgIpc) is 3.07. The van der Waals surface area contributed by atoms with Gasteiger partial charge in [0.15, 0.2) is 5.76 Å². The predicted octanol–water partition coefficient (Wildman–Crippen LogP) is 0.609. The van der Waals surface area contributed by atoms with Gasteiger partial charge in [-0.2, -0.15) is 0 Å². The van der Waals surface area contributed by atoms with Crippen molar-refractivity contribution in [2.24, 2.45) is 5.41 Å². The number of hydrogen-bond acceptors (Lipinski definition) is 5. The van der Waals surface area contributed by atoms with E-state index in [1.54, 1.807) is 21.9 Å². The summed E-state index contributed by atoms with van der Waals surface area (Å²) in [6.07, 6.45) is 3.11. The molecule has 2 aliphatic rings. The first-order valence-corrected chi connectivity index (χ1v) is 8.44. The third-order valence-corrected chi connectivity index (χ3v) is 5.09. The molecule has 3 heterocycles. The van der Waals surface area contributed by atoms with Crippen LogP contribution >= 0.6 is 0 Å². The number of rotatable bonds is 4. The minimum Gasteiger partial charge on any atom is -0.453 e. The number of piperidine rings is 2. The number of nitrogens with zero attached hydrogens (tertiary/aromatic N) is 2. The fourth-order valence-corrected chi connectivity index (χ4v) is 3.87. The highest BCUT2D eigenvalue weighted by Gasteiger charge is 2.43. The maximum absolute atomic E-state index is 12.7. The molecule has 1 atom stereocenters. The van der Waals surface area contributed by atoms with Gasteiger partial charge in [-0.05, 0) is 31.4 Å². The summed E-state index contributed by atoms with van der Waals surface area (Å²) in [5.41, 5.74) is -0.0939. The quantitative estimate of drug-likeness (QED) is 0.840. The Bertz CT molecular complexity index is 614. The van der Waals surface area contributed by atoms with Gasteiger partial charge < -0.3 is 24.4 Å². The van der Waals surface area contributed by atoms with Gasteiger partial charge >= 0.3 is 0 Å². The van der Waals surface area contributed by atoms with E-state index in [2.05, 4.69) is 0 Å².